The molecule has 5 nitrogen and oxygen atoms in total. The largest absolute Gasteiger partial charge is 0.481 e. The summed E-state index contributed by atoms with van der Waals surface area (Å²) in [6.45, 7) is 0. The van der Waals surface area contributed by atoms with Gasteiger partial charge in [-0.3, -0.25) is 9.78 Å². The topological polar surface area (TPSA) is 67.5 Å². The van der Waals surface area contributed by atoms with Crippen molar-refractivity contribution in [2.75, 3.05) is 0 Å². The van der Waals surface area contributed by atoms with E-state index in [0.717, 1.165) is 16.8 Å². The van der Waals surface area contributed by atoms with Gasteiger partial charge >= 0.3 is 5.97 Å². The van der Waals surface area contributed by atoms with Crippen molar-refractivity contribution in [1.29, 1.82) is 0 Å². The maximum Gasteiger partial charge on any atom is 0.309 e. The summed E-state index contributed by atoms with van der Waals surface area (Å²) in [4.78, 5) is 18.9. The minimum absolute atomic E-state index is 0.0683. The SMILES string of the molecule is O=C(O)Cc1cc(-c2ccc3nccn3c2)ccn1. The fourth-order valence-corrected chi connectivity index (χ4v) is 2.00. The van der Waals surface area contributed by atoms with Crippen LogP contribution in [0.2, 0.25) is 0 Å². The number of nitrogens with zero attached hydrogens (tertiary/aromatic N) is 3. The summed E-state index contributed by atoms with van der Waals surface area (Å²) in [6, 6.07) is 7.55. The van der Waals surface area contributed by atoms with Crippen LogP contribution in [0.15, 0.2) is 49.1 Å². The van der Waals surface area contributed by atoms with E-state index in [-0.39, 0.29) is 6.42 Å². The minimum atomic E-state index is -0.880. The van der Waals surface area contributed by atoms with E-state index in [4.69, 9.17) is 5.11 Å². The number of hydrogen-bond acceptors (Lipinski definition) is 3. The van der Waals surface area contributed by atoms with Crippen LogP contribution < -0.4 is 0 Å². The zero-order chi connectivity index (χ0) is 13.2. The quantitative estimate of drug-likeness (QED) is 0.775. The molecule has 0 aliphatic heterocycles. The Labute approximate surface area is 109 Å². The number of imidazole rings is 1. The van der Waals surface area contributed by atoms with Gasteiger partial charge < -0.3 is 9.51 Å². The second-order valence-corrected chi connectivity index (χ2v) is 4.22. The van der Waals surface area contributed by atoms with Crippen LogP contribution in [0, 0.1) is 0 Å². The number of aromatic nitrogens is 3. The predicted octanol–water partition coefficient (Wildman–Crippen LogP) is 2.02. The number of fused-ring (bicyclic) bond motifs is 1. The first-order valence-electron chi connectivity index (χ1n) is 5.82. The second kappa shape index (κ2) is 4.53. The third-order valence-electron chi connectivity index (χ3n) is 2.87. The number of rotatable bonds is 3. The molecule has 0 saturated carbocycles. The average Bonchev–Trinajstić information content (AvgIpc) is 2.85. The summed E-state index contributed by atoms with van der Waals surface area (Å²) in [5.41, 5.74) is 3.38. The fraction of sp³-hybridized carbons (Fsp3) is 0.0714. The first-order chi connectivity index (χ1) is 9.22. The summed E-state index contributed by atoms with van der Waals surface area (Å²) >= 11 is 0. The van der Waals surface area contributed by atoms with E-state index < -0.39 is 5.97 Å². The lowest BCUT2D eigenvalue weighted by atomic mass is 10.1. The Morgan fingerprint density at radius 3 is 2.89 bits per heavy atom. The van der Waals surface area contributed by atoms with Crippen molar-refractivity contribution in [1.82, 2.24) is 14.4 Å². The van der Waals surface area contributed by atoms with Crippen molar-refractivity contribution in [3.63, 3.8) is 0 Å². The molecule has 0 unspecified atom stereocenters. The molecule has 0 amide bonds. The molecule has 3 aromatic rings. The number of pyridine rings is 2. The molecule has 5 heteroatoms. The zero-order valence-corrected chi connectivity index (χ0v) is 10.0. The van der Waals surface area contributed by atoms with E-state index in [0.29, 0.717) is 5.69 Å². The van der Waals surface area contributed by atoms with Crippen LogP contribution in [0.4, 0.5) is 0 Å². The summed E-state index contributed by atoms with van der Waals surface area (Å²) in [7, 11) is 0. The highest BCUT2D eigenvalue weighted by molar-refractivity contribution is 5.71. The van der Waals surface area contributed by atoms with E-state index in [2.05, 4.69) is 9.97 Å². The summed E-state index contributed by atoms with van der Waals surface area (Å²) in [6.07, 6.45) is 7.13. The molecule has 0 spiro atoms. The number of hydrogen-bond donors (Lipinski definition) is 1. The molecule has 0 atom stereocenters. The number of aliphatic carboxylic acids is 1. The summed E-state index contributed by atoms with van der Waals surface area (Å²) in [5.74, 6) is -0.880. The number of carboxylic acids is 1. The predicted molar refractivity (Wildman–Crippen MR) is 69.8 cm³/mol. The van der Waals surface area contributed by atoms with Crippen LogP contribution in [0.25, 0.3) is 16.8 Å². The van der Waals surface area contributed by atoms with E-state index in [1.54, 1.807) is 18.5 Å². The van der Waals surface area contributed by atoms with Gasteiger partial charge in [-0.2, -0.15) is 0 Å². The Kier molecular flexibility index (Phi) is 2.72. The minimum Gasteiger partial charge on any atom is -0.481 e. The molecule has 1 N–H and O–H groups in total. The van der Waals surface area contributed by atoms with Crippen molar-refractivity contribution in [3.8, 4) is 11.1 Å². The smallest absolute Gasteiger partial charge is 0.309 e. The summed E-state index contributed by atoms with van der Waals surface area (Å²) in [5, 5.41) is 8.79. The number of carboxylic acid groups (broad SMARTS) is 1. The molecule has 3 rings (SSSR count). The van der Waals surface area contributed by atoms with E-state index in [1.807, 2.05) is 35.0 Å². The van der Waals surface area contributed by atoms with Crippen LogP contribution in [0.3, 0.4) is 0 Å². The summed E-state index contributed by atoms with van der Waals surface area (Å²) < 4.78 is 1.92. The molecule has 0 fully saturated rings. The normalized spacial score (nSPS) is 10.7. The molecule has 94 valence electrons. The van der Waals surface area contributed by atoms with Gasteiger partial charge in [0.15, 0.2) is 0 Å². The lowest BCUT2D eigenvalue weighted by molar-refractivity contribution is -0.136. The Hall–Kier alpha value is -2.69. The maximum absolute atomic E-state index is 10.7. The maximum atomic E-state index is 10.7. The van der Waals surface area contributed by atoms with E-state index >= 15 is 0 Å². The molecule has 3 aromatic heterocycles. The van der Waals surface area contributed by atoms with Gasteiger partial charge in [0.05, 0.1) is 12.1 Å². The monoisotopic (exact) mass is 253 g/mol. The molecule has 0 radical (unpaired) electrons. The molecule has 0 bridgehead atoms. The molecule has 0 aliphatic carbocycles. The lowest BCUT2D eigenvalue weighted by Crippen LogP contribution is -2.02. The van der Waals surface area contributed by atoms with Gasteiger partial charge in [-0.05, 0) is 35.4 Å². The van der Waals surface area contributed by atoms with E-state index in [1.165, 1.54) is 0 Å². The molecular formula is C14H11N3O2. The van der Waals surface area contributed by atoms with Crippen molar-refractivity contribution in [2.45, 2.75) is 6.42 Å². The highest BCUT2D eigenvalue weighted by atomic mass is 16.4. The van der Waals surface area contributed by atoms with Gasteiger partial charge in [-0.1, -0.05) is 0 Å². The third-order valence-corrected chi connectivity index (χ3v) is 2.87. The van der Waals surface area contributed by atoms with Gasteiger partial charge in [-0.15, -0.1) is 0 Å². The molecule has 0 saturated heterocycles. The first-order valence-corrected chi connectivity index (χ1v) is 5.82. The third kappa shape index (κ3) is 2.30. The van der Waals surface area contributed by atoms with Crippen molar-refractivity contribution < 1.29 is 9.90 Å². The van der Waals surface area contributed by atoms with Gasteiger partial charge in [0.2, 0.25) is 0 Å². The highest BCUT2D eigenvalue weighted by Crippen LogP contribution is 2.20. The van der Waals surface area contributed by atoms with Crippen LogP contribution in [0.1, 0.15) is 5.69 Å². The molecule has 0 aromatic carbocycles. The molecular weight excluding hydrogens is 242 g/mol. The van der Waals surface area contributed by atoms with Crippen LogP contribution in [-0.4, -0.2) is 25.4 Å². The number of carbonyl (C=O) groups is 1. The van der Waals surface area contributed by atoms with Crippen LogP contribution in [-0.2, 0) is 11.2 Å². The van der Waals surface area contributed by atoms with Crippen LogP contribution in [0.5, 0.6) is 0 Å². The van der Waals surface area contributed by atoms with Crippen molar-refractivity contribution in [3.05, 3.63) is 54.7 Å². The van der Waals surface area contributed by atoms with E-state index in [9.17, 15) is 4.79 Å². The molecule has 19 heavy (non-hydrogen) atoms. The molecule has 3 heterocycles. The average molecular weight is 253 g/mol. The van der Waals surface area contributed by atoms with Gasteiger partial charge in [0.25, 0.3) is 0 Å². The van der Waals surface area contributed by atoms with Gasteiger partial charge in [0, 0.05) is 24.8 Å². The van der Waals surface area contributed by atoms with Gasteiger partial charge in [0.1, 0.15) is 5.65 Å². The standard InChI is InChI=1S/C14H11N3O2/c18-14(19)8-12-7-10(3-4-15-12)11-1-2-13-16-5-6-17(13)9-11/h1-7,9H,8H2,(H,18,19). The lowest BCUT2D eigenvalue weighted by Gasteiger charge is -2.04. The Morgan fingerprint density at radius 2 is 2.05 bits per heavy atom. The van der Waals surface area contributed by atoms with Crippen LogP contribution >= 0.6 is 0 Å². The van der Waals surface area contributed by atoms with Crippen molar-refractivity contribution in [2.24, 2.45) is 0 Å². The Morgan fingerprint density at radius 1 is 1.16 bits per heavy atom. The van der Waals surface area contributed by atoms with Gasteiger partial charge in [-0.25, -0.2) is 4.98 Å². The molecule has 0 aliphatic rings. The van der Waals surface area contributed by atoms with Crippen molar-refractivity contribution >= 4 is 11.6 Å². The Balaban J connectivity index is 2.02. The Bertz CT molecular complexity index is 749. The fourth-order valence-electron chi connectivity index (χ4n) is 2.00. The highest BCUT2D eigenvalue weighted by Gasteiger charge is 2.05. The first kappa shape index (κ1) is 11.4. The zero-order valence-electron chi connectivity index (χ0n) is 10.0. The second-order valence-electron chi connectivity index (χ2n) is 4.22.